The van der Waals surface area contributed by atoms with E-state index in [9.17, 15) is 0 Å². The standard InChI is InChI=1S/C13H18O2/c1-12(6-5-9-14)10-15-11-13-7-3-2-4-8-13/h2-8,12,14H,9-11H2,1H3/b6-5+/t12-/m0/s1. The Bertz CT molecular complexity index is 280. The van der Waals surface area contributed by atoms with E-state index in [1.165, 1.54) is 5.56 Å². The Morgan fingerprint density at radius 3 is 2.73 bits per heavy atom. The van der Waals surface area contributed by atoms with Gasteiger partial charge >= 0.3 is 0 Å². The van der Waals surface area contributed by atoms with E-state index >= 15 is 0 Å². The lowest BCUT2D eigenvalue weighted by Crippen LogP contribution is -2.03. The Hall–Kier alpha value is -1.12. The minimum Gasteiger partial charge on any atom is -0.392 e. The van der Waals surface area contributed by atoms with Gasteiger partial charge in [0.1, 0.15) is 0 Å². The highest BCUT2D eigenvalue weighted by Gasteiger charge is 1.97. The van der Waals surface area contributed by atoms with E-state index in [0.717, 1.165) is 0 Å². The topological polar surface area (TPSA) is 29.5 Å². The molecule has 1 N–H and O–H groups in total. The summed E-state index contributed by atoms with van der Waals surface area (Å²) in [7, 11) is 0. The zero-order chi connectivity index (χ0) is 10.9. The lowest BCUT2D eigenvalue weighted by atomic mass is 10.2. The molecule has 2 nitrogen and oxygen atoms in total. The third-order valence-corrected chi connectivity index (χ3v) is 2.06. The molecule has 0 spiro atoms. The molecule has 0 aromatic heterocycles. The van der Waals surface area contributed by atoms with Crippen LogP contribution in [-0.4, -0.2) is 18.3 Å². The van der Waals surface area contributed by atoms with Crippen molar-refractivity contribution in [1.29, 1.82) is 0 Å². The molecule has 0 fully saturated rings. The van der Waals surface area contributed by atoms with Crippen LogP contribution in [0.3, 0.4) is 0 Å². The van der Waals surface area contributed by atoms with Gasteiger partial charge < -0.3 is 9.84 Å². The van der Waals surface area contributed by atoms with Crippen molar-refractivity contribution in [1.82, 2.24) is 0 Å². The molecule has 0 aliphatic rings. The quantitative estimate of drug-likeness (QED) is 0.724. The van der Waals surface area contributed by atoms with Crippen molar-refractivity contribution in [2.24, 2.45) is 5.92 Å². The van der Waals surface area contributed by atoms with Crippen molar-refractivity contribution < 1.29 is 9.84 Å². The van der Waals surface area contributed by atoms with Crippen molar-refractivity contribution in [2.45, 2.75) is 13.5 Å². The van der Waals surface area contributed by atoms with Crippen LogP contribution in [0.5, 0.6) is 0 Å². The SMILES string of the molecule is C[C@@H](/C=C/CO)COCc1ccccc1. The largest absolute Gasteiger partial charge is 0.392 e. The summed E-state index contributed by atoms with van der Waals surface area (Å²) >= 11 is 0. The fourth-order valence-electron chi connectivity index (χ4n) is 1.29. The first-order valence-electron chi connectivity index (χ1n) is 5.22. The van der Waals surface area contributed by atoms with Crippen LogP contribution < -0.4 is 0 Å². The molecule has 82 valence electrons. The molecule has 0 saturated carbocycles. The summed E-state index contributed by atoms with van der Waals surface area (Å²) in [6.07, 6.45) is 3.71. The Morgan fingerprint density at radius 2 is 2.07 bits per heavy atom. The van der Waals surface area contributed by atoms with Crippen molar-refractivity contribution in [3.8, 4) is 0 Å². The average Bonchev–Trinajstić information content (AvgIpc) is 2.28. The number of benzene rings is 1. The minimum absolute atomic E-state index is 0.100. The minimum atomic E-state index is 0.100. The molecule has 15 heavy (non-hydrogen) atoms. The molecular weight excluding hydrogens is 188 g/mol. The molecule has 0 amide bonds. The summed E-state index contributed by atoms with van der Waals surface area (Å²) < 4.78 is 5.55. The van der Waals surface area contributed by atoms with Crippen LogP contribution in [0.25, 0.3) is 0 Å². The van der Waals surface area contributed by atoms with Gasteiger partial charge in [0.15, 0.2) is 0 Å². The molecule has 0 aliphatic heterocycles. The number of aliphatic hydroxyl groups is 1. The fourth-order valence-corrected chi connectivity index (χ4v) is 1.29. The first-order valence-corrected chi connectivity index (χ1v) is 5.22. The number of aliphatic hydroxyl groups excluding tert-OH is 1. The summed E-state index contributed by atoms with van der Waals surface area (Å²) in [6, 6.07) is 10.1. The van der Waals surface area contributed by atoms with Crippen LogP contribution in [0, 0.1) is 5.92 Å². The summed E-state index contributed by atoms with van der Waals surface area (Å²) in [5.41, 5.74) is 1.19. The second kappa shape index (κ2) is 7.21. The van der Waals surface area contributed by atoms with E-state index in [1.54, 1.807) is 6.08 Å². The van der Waals surface area contributed by atoms with Crippen LogP contribution in [-0.2, 0) is 11.3 Å². The average molecular weight is 206 g/mol. The summed E-state index contributed by atoms with van der Waals surface area (Å²) in [6.45, 7) is 3.50. The first-order chi connectivity index (χ1) is 7.33. The van der Waals surface area contributed by atoms with Crippen LogP contribution in [0.15, 0.2) is 42.5 Å². The van der Waals surface area contributed by atoms with Gasteiger partial charge in [-0.15, -0.1) is 0 Å². The van der Waals surface area contributed by atoms with Crippen LogP contribution >= 0.6 is 0 Å². The van der Waals surface area contributed by atoms with Crippen LogP contribution in [0.2, 0.25) is 0 Å². The van der Waals surface area contributed by atoms with E-state index in [1.807, 2.05) is 36.4 Å². The van der Waals surface area contributed by atoms with Gasteiger partial charge in [-0.3, -0.25) is 0 Å². The predicted octanol–water partition coefficient (Wildman–Crippen LogP) is 2.39. The third kappa shape index (κ3) is 5.35. The number of hydrogen-bond donors (Lipinski definition) is 1. The van der Waals surface area contributed by atoms with Gasteiger partial charge in [-0.05, 0) is 11.5 Å². The molecule has 0 heterocycles. The number of hydrogen-bond acceptors (Lipinski definition) is 2. The fraction of sp³-hybridized carbons (Fsp3) is 0.385. The van der Waals surface area contributed by atoms with Crippen molar-refractivity contribution in [2.75, 3.05) is 13.2 Å². The summed E-state index contributed by atoms with van der Waals surface area (Å²) in [5.74, 6) is 0.348. The Balaban J connectivity index is 2.19. The first kappa shape index (κ1) is 12.0. The maximum atomic E-state index is 8.59. The van der Waals surface area contributed by atoms with Crippen LogP contribution in [0.4, 0.5) is 0 Å². The summed E-state index contributed by atoms with van der Waals surface area (Å²) in [5, 5.41) is 8.59. The van der Waals surface area contributed by atoms with E-state index in [2.05, 4.69) is 6.92 Å². The van der Waals surface area contributed by atoms with Crippen molar-refractivity contribution in [3.63, 3.8) is 0 Å². The zero-order valence-corrected chi connectivity index (χ0v) is 9.10. The molecule has 0 bridgehead atoms. The van der Waals surface area contributed by atoms with Gasteiger partial charge in [-0.2, -0.15) is 0 Å². The van der Waals surface area contributed by atoms with E-state index in [4.69, 9.17) is 9.84 Å². The monoisotopic (exact) mass is 206 g/mol. The Morgan fingerprint density at radius 1 is 1.33 bits per heavy atom. The highest BCUT2D eigenvalue weighted by molar-refractivity contribution is 5.13. The normalized spacial score (nSPS) is 13.2. The van der Waals surface area contributed by atoms with Gasteiger partial charge in [0.2, 0.25) is 0 Å². The second-order valence-electron chi connectivity index (χ2n) is 3.59. The third-order valence-electron chi connectivity index (χ3n) is 2.06. The van der Waals surface area contributed by atoms with E-state index < -0.39 is 0 Å². The summed E-state index contributed by atoms with van der Waals surface area (Å²) in [4.78, 5) is 0. The smallest absolute Gasteiger partial charge is 0.0717 e. The van der Waals surface area contributed by atoms with Crippen molar-refractivity contribution >= 4 is 0 Å². The molecule has 1 aromatic carbocycles. The molecule has 1 aromatic rings. The predicted molar refractivity (Wildman–Crippen MR) is 61.5 cm³/mol. The second-order valence-corrected chi connectivity index (χ2v) is 3.59. The highest BCUT2D eigenvalue weighted by Crippen LogP contribution is 2.03. The maximum Gasteiger partial charge on any atom is 0.0717 e. The lowest BCUT2D eigenvalue weighted by molar-refractivity contribution is 0.104. The van der Waals surface area contributed by atoms with Crippen LogP contribution in [0.1, 0.15) is 12.5 Å². The van der Waals surface area contributed by atoms with Crippen molar-refractivity contribution in [3.05, 3.63) is 48.0 Å². The molecule has 1 rings (SSSR count). The van der Waals surface area contributed by atoms with Gasteiger partial charge in [0.25, 0.3) is 0 Å². The number of ether oxygens (including phenoxy) is 1. The molecule has 0 unspecified atom stereocenters. The lowest BCUT2D eigenvalue weighted by Gasteiger charge is -2.07. The molecular formula is C13H18O2. The molecule has 0 saturated heterocycles. The van der Waals surface area contributed by atoms with Gasteiger partial charge in [0.05, 0.1) is 19.8 Å². The highest BCUT2D eigenvalue weighted by atomic mass is 16.5. The Labute approximate surface area is 91.2 Å². The Kier molecular flexibility index (Phi) is 5.74. The van der Waals surface area contributed by atoms with Gasteiger partial charge in [-0.1, -0.05) is 49.4 Å². The van der Waals surface area contributed by atoms with E-state index in [0.29, 0.717) is 19.1 Å². The van der Waals surface area contributed by atoms with E-state index in [-0.39, 0.29) is 6.61 Å². The molecule has 0 radical (unpaired) electrons. The molecule has 2 heteroatoms. The zero-order valence-electron chi connectivity index (χ0n) is 9.10. The van der Waals surface area contributed by atoms with Gasteiger partial charge in [-0.25, -0.2) is 0 Å². The molecule has 1 atom stereocenters. The maximum absolute atomic E-state index is 8.59. The number of rotatable bonds is 6. The van der Waals surface area contributed by atoms with Gasteiger partial charge in [0, 0.05) is 0 Å². The molecule has 0 aliphatic carbocycles.